The zero-order valence-electron chi connectivity index (χ0n) is 5.94. The molecule has 0 bridgehead atoms. The normalized spacial score (nSPS) is 8.75. The van der Waals surface area contributed by atoms with Crippen LogP contribution in [0.2, 0.25) is 0 Å². The molecule has 5 heteroatoms. The number of nitro benzene ring substituents is 1. The third-order valence-electron chi connectivity index (χ3n) is 1.38. The van der Waals surface area contributed by atoms with E-state index in [4.69, 9.17) is 5.11 Å². The molecule has 1 N–H and O–H groups in total. The van der Waals surface area contributed by atoms with E-state index in [9.17, 15) is 10.1 Å². The Hall–Kier alpha value is -0.580. The van der Waals surface area contributed by atoms with Gasteiger partial charge in [-0.3, -0.25) is 10.1 Å². The summed E-state index contributed by atoms with van der Waals surface area (Å²) in [6.07, 6.45) is 0. The van der Waals surface area contributed by atoms with E-state index in [2.05, 4.69) is 0 Å². The van der Waals surface area contributed by atoms with Crippen LogP contribution >= 0.6 is 0 Å². The molecule has 0 aromatic heterocycles. The first-order valence-corrected chi connectivity index (χ1v) is 3.05. The van der Waals surface area contributed by atoms with Crippen LogP contribution in [0.15, 0.2) is 18.2 Å². The number of hydrogen-bond donors (Lipinski definition) is 1. The van der Waals surface area contributed by atoms with Crippen molar-refractivity contribution in [2.75, 3.05) is 0 Å². The number of aromatic hydroxyl groups is 1. The Labute approximate surface area is 91.7 Å². The molecule has 0 aliphatic heterocycles. The molecule has 12 heavy (non-hydrogen) atoms. The van der Waals surface area contributed by atoms with Crippen molar-refractivity contribution in [2.24, 2.45) is 0 Å². The van der Waals surface area contributed by atoms with Crippen LogP contribution < -0.4 is 0 Å². The Morgan fingerprint density at radius 1 is 1.50 bits per heavy atom. The number of nitrogens with zero attached hydrogens (tertiary/aromatic N) is 1. The van der Waals surface area contributed by atoms with Crippen LogP contribution in [0.25, 0.3) is 0 Å². The van der Waals surface area contributed by atoms with Crippen LogP contribution in [0.1, 0.15) is 5.56 Å². The first kappa shape index (κ1) is 11.4. The van der Waals surface area contributed by atoms with Crippen LogP contribution in [0.4, 0.5) is 5.69 Å². The molecule has 0 aliphatic rings. The van der Waals surface area contributed by atoms with E-state index in [1.807, 2.05) is 0 Å². The van der Waals surface area contributed by atoms with Crippen LogP contribution in [-0.2, 0) is 0 Å². The molecule has 0 heterocycles. The molecule has 0 atom stereocenters. The van der Waals surface area contributed by atoms with Crippen LogP contribution in [0, 0.1) is 17.0 Å². The fraction of sp³-hybridized carbons (Fsp3) is 0.143. The van der Waals surface area contributed by atoms with Gasteiger partial charge in [-0.1, -0.05) is 0 Å². The van der Waals surface area contributed by atoms with Gasteiger partial charge in [0.05, 0.1) is 4.92 Å². The zero-order chi connectivity index (χ0) is 8.43. The summed E-state index contributed by atoms with van der Waals surface area (Å²) < 4.78 is 0. The van der Waals surface area contributed by atoms with Crippen molar-refractivity contribution in [1.29, 1.82) is 0 Å². The Morgan fingerprint density at radius 3 is 2.50 bits per heavy atom. The molecule has 1 aromatic rings. The molecule has 0 unspecified atom stereocenters. The second kappa shape index (κ2) is 4.45. The number of rotatable bonds is 1. The van der Waals surface area contributed by atoms with Gasteiger partial charge in [0.25, 0.3) is 5.69 Å². The first-order valence-electron chi connectivity index (χ1n) is 3.05. The molecule has 60 valence electrons. The predicted molar refractivity (Wildman–Crippen MR) is 46.6 cm³/mol. The van der Waals surface area contributed by atoms with Crippen molar-refractivity contribution in [3.63, 3.8) is 0 Å². The van der Waals surface area contributed by atoms with Crippen molar-refractivity contribution < 1.29 is 10.0 Å². The maximum atomic E-state index is 10.3. The summed E-state index contributed by atoms with van der Waals surface area (Å²) in [7, 11) is 0. The van der Waals surface area contributed by atoms with Gasteiger partial charge in [0.2, 0.25) is 0 Å². The number of phenols is 1. The van der Waals surface area contributed by atoms with E-state index in [0.29, 0.717) is 5.56 Å². The molecule has 0 amide bonds. The molecule has 0 radical (unpaired) electrons. The molecule has 0 fully saturated rings. The van der Waals surface area contributed by atoms with Gasteiger partial charge in [0.1, 0.15) is 5.75 Å². The molecular weight excluding hydrogens is 169 g/mol. The van der Waals surface area contributed by atoms with Gasteiger partial charge >= 0.3 is 29.6 Å². The molecule has 0 saturated heterocycles. The van der Waals surface area contributed by atoms with E-state index >= 15 is 0 Å². The van der Waals surface area contributed by atoms with Crippen molar-refractivity contribution in [2.45, 2.75) is 6.92 Å². The van der Waals surface area contributed by atoms with Gasteiger partial charge in [-0.25, -0.2) is 0 Å². The van der Waals surface area contributed by atoms with E-state index in [1.54, 1.807) is 6.92 Å². The number of phenolic OH excluding ortho intramolecular Hbond substituents is 1. The summed E-state index contributed by atoms with van der Waals surface area (Å²) in [4.78, 5) is 9.78. The number of benzene rings is 1. The molecule has 1 rings (SSSR count). The standard InChI is InChI=1S/C7H7NO3.Na.H/c1-5-4-6(9)2-3-7(5)8(10)11;;/h2-4,9H,1H3;;. The molecule has 0 spiro atoms. The fourth-order valence-corrected chi connectivity index (χ4v) is 0.844. The Kier molecular flexibility index (Phi) is 4.23. The fourth-order valence-electron chi connectivity index (χ4n) is 0.844. The van der Waals surface area contributed by atoms with Gasteiger partial charge in [-0.15, -0.1) is 0 Å². The average molecular weight is 177 g/mol. The van der Waals surface area contributed by atoms with E-state index in [1.165, 1.54) is 18.2 Å². The number of hydrogen-bond acceptors (Lipinski definition) is 3. The summed E-state index contributed by atoms with van der Waals surface area (Å²) in [6, 6.07) is 3.94. The molecule has 1 aromatic carbocycles. The summed E-state index contributed by atoms with van der Waals surface area (Å²) >= 11 is 0. The third-order valence-corrected chi connectivity index (χ3v) is 1.38. The second-order valence-electron chi connectivity index (χ2n) is 2.23. The minimum atomic E-state index is -0.477. The summed E-state index contributed by atoms with van der Waals surface area (Å²) in [5, 5.41) is 19.2. The Bertz CT molecular complexity index is 301. The maximum absolute atomic E-state index is 10.3. The molecule has 0 saturated carbocycles. The third kappa shape index (κ3) is 2.48. The average Bonchev–Trinajstić information content (AvgIpc) is 1.85. The second-order valence-corrected chi connectivity index (χ2v) is 2.23. The van der Waals surface area contributed by atoms with Gasteiger partial charge in [-0.2, -0.15) is 0 Å². The minimum absolute atomic E-state index is 0. The summed E-state index contributed by atoms with van der Waals surface area (Å²) in [5.41, 5.74) is 0.498. The number of aryl methyl sites for hydroxylation is 1. The van der Waals surface area contributed by atoms with E-state index in [-0.39, 0.29) is 41.0 Å². The van der Waals surface area contributed by atoms with Crippen molar-refractivity contribution >= 4 is 35.2 Å². The van der Waals surface area contributed by atoms with E-state index in [0.717, 1.165) is 0 Å². The molecule has 4 nitrogen and oxygen atoms in total. The first-order chi connectivity index (χ1) is 5.11. The topological polar surface area (TPSA) is 63.4 Å². The van der Waals surface area contributed by atoms with Crippen LogP contribution in [0.5, 0.6) is 5.75 Å². The van der Waals surface area contributed by atoms with Crippen molar-refractivity contribution in [1.82, 2.24) is 0 Å². The van der Waals surface area contributed by atoms with Gasteiger partial charge in [0.15, 0.2) is 0 Å². The van der Waals surface area contributed by atoms with Crippen molar-refractivity contribution in [3.8, 4) is 5.75 Å². The Morgan fingerprint density at radius 2 is 2.08 bits per heavy atom. The van der Waals surface area contributed by atoms with Crippen LogP contribution in [0.3, 0.4) is 0 Å². The quantitative estimate of drug-likeness (QED) is 0.394. The SMILES string of the molecule is Cc1cc(O)ccc1[N+](=O)[O-].[NaH]. The van der Waals surface area contributed by atoms with Crippen molar-refractivity contribution in [3.05, 3.63) is 33.9 Å². The van der Waals surface area contributed by atoms with Gasteiger partial charge in [0, 0.05) is 11.6 Å². The monoisotopic (exact) mass is 177 g/mol. The predicted octanol–water partition coefficient (Wildman–Crippen LogP) is 0.960. The Balaban J connectivity index is 0.00000121. The van der Waals surface area contributed by atoms with Gasteiger partial charge < -0.3 is 5.11 Å². The van der Waals surface area contributed by atoms with Crippen LogP contribution in [-0.4, -0.2) is 39.6 Å². The molecular formula is C7H8NNaO3. The number of nitro groups is 1. The molecule has 0 aliphatic carbocycles. The van der Waals surface area contributed by atoms with E-state index < -0.39 is 4.92 Å². The zero-order valence-corrected chi connectivity index (χ0v) is 5.94. The summed E-state index contributed by atoms with van der Waals surface area (Å²) in [5.74, 6) is 0.0492. The summed E-state index contributed by atoms with van der Waals surface area (Å²) in [6.45, 7) is 1.58. The van der Waals surface area contributed by atoms with Gasteiger partial charge in [-0.05, 0) is 19.1 Å².